The van der Waals surface area contributed by atoms with E-state index in [1.165, 1.54) is 12.1 Å². The van der Waals surface area contributed by atoms with E-state index in [4.69, 9.17) is 14.2 Å². The Balaban J connectivity index is 2.17. The van der Waals surface area contributed by atoms with Crippen LogP contribution >= 0.6 is 23.5 Å². The molecule has 0 aliphatic heterocycles. The molecule has 3 aromatic rings. The molecule has 3 N–H and O–H groups in total. The predicted molar refractivity (Wildman–Crippen MR) is 75.4 cm³/mol. The van der Waals surface area contributed by atoms with Gasteiger partial charge in [-0.05, 0) is 34.1 Å². The highest BCUT2D eigenvalue weighted by atomic mass is 79.9. The summed E-state index contributed by atoms with van der Waals surface area (Å²) >= 11 is 3.46. The molecule has 0 radical (unpaired) electrons. The van der Waals surface area contributed by atoms with Gasteiger partial charge in [0.05, 0.1) is 10.2 Å². The maximum atomic E-state index is 11.1. The second kappa shape index (κ2) is 4.35. The van der Waals surface area contributed by atoms with Gasteiger partial charge in [-0.3, -0.25) is 4.57 Å². The molecule has 2 heterocycles. The molecule has 0 bridgehead atoms. The van der Waals surface area contributed by atoms with Gasteiger partial charge in [0.2, 0.25) is 5.50 Å². The van der Waals surface area contributed by atoms with Gasteiger partial charge in [-0.25, -0.2) is 0 Å². The van der Waals surface area contributed by atoms with Crippen molar-refractivity contribution in [2.75, 3.05) is 0 Å². The topological polar surface area (TPSA) is 86.5 Å². The largest absolute Gasteiger partial charge is 0.447 e. The zero-order valence-corrected chi connectivity index (χ0v) is 12.0. The van der Waals surface area contributed by atoms with E-state index in [9.17, 15) is 4.57 Å². The van der Waals surface area contributed by atoms with E-state index in [2.05, 4.69) is 20.9 Å². The van der Waals surface area contributed by atoms with Crippen LogP contribution in [0, 0.1) is 0 Å². The zero-order chi connectivity index (χ0) is 13.6. The number of aromatic amines is 1. The van der Waals surface area contributed by atoms with Gasteiger partial charge in [0, 0.05) is 10.9 Å². The van der Waals surface area contributed by atoms with Crippen molar-refractivity contribution in [2.24, 2.45) is 0 Å². The Kier molecular flexibility index (Phi) is 2.91. The van der Waals surface area contributed by atoms with E-state index < -0.39 is 7.60 Å². The van der Waals surface area contributed by atoms with Gasteiger partial charge in [-0.15, -0.1) is 0 Å². The lowest BCUT2D eigenvalue weighted by atomic mass is 10.2. The van der Waals surface area contributed by atoms with Gasteiger partial charge in [-0.1, -0.05) is 18.2 Å². The standard InChI is InChI=1S/C12H9BrNO4P/c13-11-7-3-1-2-4-8(7)14-12(11)9-5-6-10(18-9)19(15,16)17/h1-6,14H,(H2,15,16,17). The average molecular weight is 342 g/mol. The number of aromatic nitrogens is 1. The quantitative estimate of drug-likeness (QED) is 0.625. The summed E-state index contributed by atoms with van der Waals surface area (Å²) < 4.78 is 17.1. The van der Waals surface area contributed by atoms with Crippen molar-refractivity contribution in [2.45, 2.75) is 0 Å². The lowest BCUT2D eigenvalue weighted by Crippen LogP contribution is -1.98. The van der Waals surface area contributed by atoms with Crippen LogP contribution in [0.3, 0.4) is 0 Å². The van der Waals surface area contributed by atoms with E-state index in [1.807, 2.05) is 24.3 Å². The molecule has 0 amide bonds. The van der Waals surface area contributed by atoms with Crippen LogP contribution in [0.5, 0.6) is 0 Å². The Labute approximate surface area is 116 Å². The van der Waals surface area contributed by atoms with Crippen LogP contribution in [0.1, 0.15) is 0 Å². The summed E-state index contributed by atoms with van der Waals surface area (Å²) in [4.78, 5) is 21.3. The second-order valence-corrected chi connectivity index (χ2v) is 6.36. The molecule has 0 aliphatic rings. The van der Waals surface area contributed by atoms with E-state index in [0.29, 0.717) is 11.5 Å². The van der Waals surface area contributed by atoms with Crippen molar-refractivity contribution in [1.29, 1.82) is 0 Å². The number of para-hydroxylation sites is 1. The summed E-state index contributed by atoms with van der Waals surface area (Å²) in [5, 5.41) is 0.978. The lowest BCUT2D eigenvalue weighted by molar-refractivity contribution is 0.377. The van der Waals surface area contributed by atoms with Crippen LogP contribution in [0.15, 0.2) is 45.3 Å². The van der Waals surface area contributed by atoms with Crippen molar-refractivity contribution in [3.8, 4) is 11.5 Å². The van der Waals surface area contributed by atoms with Crippen LogP contribution in [-0.4, -0.2) is 14.8 Å². The molecule has 19 heavy (non-hydrogen) atoms. The van der Waals surface area contributed by atoms with Crippen LogP contribution in [0.2, 0.25) is 0 Å². The number of fused-ring (bicyclic) bond motifs is 1. The summed E-state index contributed by atoms with van der Waals surface area (Å²) in [5.74, 6) is 0.376. The molecule has 0 unspecified atom stereocenters. The van der Waals surface area contributed by atoms with Crippen molar-refractivity contribution in [3.63, 3.8) is 0 Å². The van der Waals surface area contributed by atoms with Gasteiger partial charge < -0.3 is 19.2 Å². The van der Waals surface area contributed by atoms with Crippen molar-refractivity contribution >= 4 is 39.9 Å². The van der Waals surface area contributed by atoms with Gasteiger partial charge in [0.15, 0.2) is 5.76 Å². The third kappa shape index (κ3) is 2.17. The molecule has 3 rings (SSSR count). The summed E-state index contributed by atoms with van der Waals surface area (Å²) in [6.45, 7) is 0. The number of rotatable bonds is 2. The molecule has 0 aliphatic carbocycles. The summed E-state index contributed by atoms with van der Waals surface area (Å²) in [7, 11) is -4.36. The maximum Gasteiger partial charge on any atom is 0.391 e. The first-order valence-corrected chi connectivity index (χ1v) is 7.80. The number of hydrogen-bond donors (Lipinski definition) is 3. The zero-order valence-electron chi connectivity index (χ0n) is 9.50. The fourth-order valence-electron chi connectivity index (χ4n) is 1.90. The molecular weight excluding hydrogens is 333 g/mol. The number of nitrogens with one attached hydrogen (secondary N) is 1. The Morgan fingerprint density at radius 3 is 2.53 bits per heavy atom. The van der Waals surface area contributed by atoms with E-state index >= 15 is 0 Å². The third-order valence-corrected chi connectivity index (χ3v) is 4.41. The fraction of sp³-hybridized carbons (Fsp3) is 0. The minimum absolute atomic E-state index is 0.340. The SMILES string of the molecule is O=P(O)(O)c1ccc(-c2[nH]c3ccccc3c2Br)o1. The minimum atomic E-state index is -4.36. The first-order chi connectivity index (χ1) is 8.97. The first-order valence-electron chi connectivity index (χ1n) is 5.39. The van der Waals surface area contributed by atoms with E-state index in [-0.39, 0.29) is 5.50 Å². The van der Waals surface area contributed by atoms with Gasteiger partial charge >= 0.3 is 7.60 Å². The van der Waals surface area contributed by atoms with E-state index in [0.717, 1.165) is 15.4 Å². The molecule has 98 valence electrons. The van der Waals surface area contributed by atoms with Crippen LogP contribution < -0.4 is 5.50 Å². The summed E-state index contributed by atoms with van der Waals surface area (Å²) in [6.07, 6.45) is 0. The fourth-order valence-corrected chi connectivity index (χ4v) is 3.02. The van der Waals surface area contributed by atoms with Crippen LogP contribution in [0.4, 0.5) is 0 Å². The van der Waals surface area contributed by atoms with Crippen molar-refractivity contribution in [3.05, 3.63) is 40.9 Å². The molecule has 1 aromatic carbocycles. The smallest absolute Gasteiger partial charge is 0.391 e. The molecule has 2 aromatic heterocycles. The Morgan fingerprint density at radius 1 is 1.16 bits per heavy atom. The van der Waals surface area contributed by atoms with Crippen LogP contribution in [0.25, 0.3) is 22.4 Å². The molecule has 0 spiro atoms. The van der Waals surface area contributed by atoms with Gasteiger partial charge in [0.1, 0.15) is 0 Å². The average Bonchev–Trinajstić information content (AvgIpc) is 2.94. The Bertz CT molecular complexity index is 801. The van der Waals surface area contributed by atoms with Gasteiger partial charge in [-0.2, -0.15) is 0 Å². The summed E-state index contributed by atoms with van der Waals surface area (Å²) in [6, 6.07) is 10.5. The number of benzene rings is 1. The molecule has 0 saturated carbocycles. The van der Waals surface area contributed by atoms with Gasteiger partial charge in [0.25, 0.3) is 0 Å². The monoisotopic (exact) mass is 341 g/mol. The number of furan rings is 1. The normalized spacial score (nSPS) is 12.2. The molecule has 5 nitrogen and oxygen atoms in total. The Hall–Kier alpha value is -1.33. The highest BCUT2D eigenvalue weighted by Crippen LogP contribution is 2.38. The van der Waals surface area contributed by atoms with Crippen LogP contribution in [-0.2, 0) is 4.57 Å². The van der Waals surface area contributed by atoms with Crippen molar-refractivity contribution in [1.82, 2.24) is 4.98 Å². The second-order valence-electron chi connectivity index (χ2n) is 4.04. The third-order valence-electron chi connectivity index (χ3n) is 2.77. The molecule has 0 fully saturated rings. The minimum Gasteiger partial charge on any atom is -0.447 e. The molecular formula is C12H9BrNO4P. The number of H-pyrrole nitrogens is 1. The summed E-state index contributed by atoms with van der Waals surface area (Å²) in [5.41, 5.74) is 1.23. The highest BCUT2D eigenvalue weighted by Gasteiger charge is 2.23. The predicted octanol–water partition coefficient (Wildman–Crippen LogP) is 2.99. The maximum absolute atomic E-state index is 11.1. The lowest BCUT2D eigenvalue weighted by Gasteiger charge is -1.98. The molecule has 0 saturated heterocycles. The molecule has 0 atom stereocenters. The number of halogens is 1. The van der Waals surface area contributed by atoms with Crippen molar-refractivity contribution < 1.29 is 18.8 Å². The number of hydrogen-bond acceptors (Lipinski definition) is 2. The first kappa shape index (κ1) is 12.7. The molecule has 7 heteroatoms. The Morgan fingerprint density at radius 2 is 1.89 bits per heavy atom. The van der Waals surface area contributed by atoms with E-state index in [1.54, 1.807) is 0 Å². The highest BCUT2D eigenvalue weighted by molar-refractivity contribution is 9.10.